The number of nitrogens with zero attached hydrogens (tertiary/aromatic N) is 5. The van der Waals surface area contributed by atoms with Gasteiger partial charge in [0, 0.05) is 17.4 Å². The monoisotopic (exact) mass is 474 g/mol. The lowest BCUT2D eigenvalue weighted by Crippen LogP contribution is -2.11. The van der Waals surface area contributed by atoms with Crippen molar-refractivity contribution >= 4 is 39.6 Å². The molecule has 0 bridgehead atoms. The Hall–Kier alpha value is -5.05. The molecule has 6 aromatic rings. The maximum Gasteiger partial charge on any atom is 0.255 e. The summed E-state index contributed by atoms with van der Waals surface area (Å²) in [5.74, 6) is 1.02. The van der Waals surface area contributed by atoms with Gasteiger partial charge < -0.3 is 15.6 Å². The Morgan fingerprint density at radius 1 is 0.944 bits per heavy atom. The number of amides is 1. The lowest BCUT2D eigenvalue weighted by Gasteiger charge is -2.14. The Morgan fingerprint density at radius 2 is 1.83 bits per heavy atom. The average molecular weight is 475 g/mol. The van der Waals surface area contributed by atoms with Gasteiger partial charge in [-0.25, -0.2) is 15.0 Å². The quantitative estimate of drug-likeness (QED) is 0.309. The number of anilines is 2. The first kappa shape index (κ1) is 21.5. The van der Waals surface area contributed by atoms with E-state index in [9.17, 15) is 4.79 Å². The summed E-state index contributed by atoms with van der Waals surface area (Å²) in [6.45, 7) is 2.07. The van der Waals surface area contributed by atoms with Gasteiger partial charge in [0.2, 0.25) is 5.95 Å². The van der Waals surface area contributed by atoms with E-state index in [1.165, 1.54) is 0 Å². The number of imidazole rings is 2. The molecule has 3 N–H and O–H groups in total. The van der Waals surface area contributed by atoms with Gasteiger partial charge in [0.15, 0.2) is 0 Å². The number of aromatic nitrogens is 6. The van der Waals surface area contributed by atoms with Crippen LogP contribution in [0.2, 0.25) is 0 Å². The number of H-pyrrole nitrogens is 1. The van der Waals surface area contributed by atoms with E-state index in [4.69, 9.17) is 0 Å². The van der Waals surface area contributed by atoms with Gasteiger partial charge in [0.05, 0.1) is 34.4 Å². The van der Waals surface area contributed by atoms with E-state index in [0.29, 0.717) is 23.0 Å². The molecule has 0 saturated carbocycles. The molecule has 0 saturated heterocycles. The number of hydrogen-bond donors (Lipinski definition) is 3. The predicted octanol–water partition coefficient (Wildman–Crippen LogP) is 5.12. The highest BCUT2D eigenvalue weighted by Gasteiger charge is 2.12. The lowest BCUT2D eigenvalue weighted by molar-refractivity contribution is 0.102. The Morgan fingerprint density at radius 3 is 2.72 bits per heavy atom. The maximum atomic E-state index is 12.8. The van der Waals surface area contributed by atoms with Crippen molar-refractivity contribution < 1.29 is 4.79 Å². The third-order valence-electron chi connectivity index (χ3n) is 6.02. The molecule has 1 unspecified atom stereocenters. The van der Waals surface area contributed by atoms with Crippen LogP contribution >= 0.6 is 0 Å². The molecule has 0 spiro atoms. The Kier molecular flexibility index (Phi) is 5.34. The summed E-state index contributed by atoms with van der Waals surface area (Å²) < 4.78 is 1.90. The van der Waals surface area contributed by atoms with Crippen LogP contribution < -0.4 is 10.6 Å². The van der Waals surface area contributed by atoms with E-state index in [1.54, 1.807) is 31.0 Å². The SMILES string of the molecule is CC(Nc1nccc(-n2cnc3cc(NC(=O)c4ccc5nc[nH]c5c4)ccc32)n1)c1ccccc1. The second kappa shape index (κ2) is 8.95. The summed E-state index contributed by atoms with van der Waals surface area (Å²) in [5, 5.41) is 6.30. The van der Waals surface area contributed by atoms with Crippen LogP contribution in [0.15, 0.2) is 91.6 Å². The van der Waals surface area contributed by atoms with E-state index >= 15 is 0 Å². The number of carbonyl (C=O) groups is 1. The average Bonchev–Trinajstić information content (AvgIpc) is 3.55. The van der Waals surface area contributed by atoms with E-state index < -0.39 is 0 Å². The molecule has 9 nitrogen and oxygen atoms in total. The van der Waals surface area contributed by atoms with Crippen molar-refractivity contribution in [2.45, 2.75) is 13.0 Å². The fourth-order valence-electron chi connectivity index (χ4n) is 4.12. The maximum absolute atomic E-state index is 12.8. The smallest absolute Gasteiger partial charge is 0.255 e. The Balaban J connectivity index is 1.22. The second-order valence-electron chi connectivity index (χ2n) is 8.42. The first-order valence-corrected chi connectivity index (χ1v) is 11.5. The van der Waals surface area contributed by atoms with E-state index in [-0.39, 0.29) is 11.9 Å². The van der Waals surface area contributed by atoms with E-state index in [0.717, 1.165) is 27.6 Å². The highest BCUT2D eigenvalue weighted by atomic mass is 16.1. The number of carbonyl (C=O) groups excluding carboxylic acids is 1. The third-order valence-corrected chi connectivity index (χ3v) is 6.02. The lowest BCUT2D eigenvalue weighted by atomic mass is 10.1. The van der Waals surface area contributed by atoms with E-state index in [2.05, 4.69) is 54.6 Å². The van der Waals surface area contributed by atoms with Crippen LogP contribution in [-0.4, -0.2) is 35.4 Å². The van der Waals surface area contributed by atoms with Crippen molar-refractivity contribution in [2.24, 2.45) is 0 Å². The van der Waals surface area contributed by atoms with Crippen molar-refractivity contribution in [3.8, 4) is 5.82 Å². The summed E-state index contributed by atoms with van der Waals surface area (Å²) in [7, 11) is 0. The zero-order valence-corrected chi connectivity index (χ0v) is 19.4. The van der Waals surface area contributed by atoms with Crippen LogP contribution in [0.1, 0.15) is 28.9 Å². The minimum Gasteiger partial charge on any atom is -0.348 e. The largest absolute Gasteiger partial charge is 0.348 e. The van der Waals surface area contributed by atoms with Gasteiger partial charge in [0.25, 0.3) is 5.91 Å². The van der Waals surface area contributed by atoms with Crippen molar-refractivity contribution in [3.05, 3.63) is 103 Å². The van der Waals surface area contributed by atoms with Gasteiger partial charge >= 0.3 is 0 Å². The van der Waals surface area contributed by atoms with Crippen LogP contribution in [-0.2, 0) is 0 Å². The van der Waals surface area contributed by atoms with Gasteiger partial charge in [-0.3, -0.25) is 9.36 Å². The van der Waals surface area contributed by atoms with Crippen molar-refractivity contribution in [3.63, 3.8) is 0 Å². The summed E-state index contributed by atoms with van der Waals surface area (Å²) in [5.41, 5.74) is 5.59. The molecule has 0 aliphatic rings. The summed E-state index contributed by atoms with van der Waals surface area (Å²) in [4.78, 5) is 33.6. The normalized spacial score (nSPS) is 12.0. The molecular weight excluding hydrogens is 452 g/mol. The number of benzene rings is 3. The number of aromatic amines is 1. The molecule has 0 radical (unpaired) electrons. The molecule has 36 heavy (non-hydrogen) atoms. The summed E-state index contributed by atoms with van der Waals surface area (Å²) in [6.07, 6.45) is 5.05. The predicted molar refractivity (Wildman–Crippen MR) is 139 cm³/mol. The fraction of sp³-hybridized carbons (Fsp3) is 0.0741. The van der Waals surface area contributed by atoms with Crippen LogP contribution in [0.25, 0.3) is 27.9 Å². The molecular formula is C27H22N8O. The first-order chi connectivity index (χ1) is 17.6. The molecule has 3 heterocycles. The number of hydrogen-bond acceptors (Lipinski definition) is 6. The van der Waals surface area contributed by atoms with Gasteiger partial charge in [-0.1, -0.05) is 30.3 Å². The zero-order chi connectivity index (χ0) is 24.5. The second-order valence-corrected chi connectivity index (χ2v) is 8.42. The van der Waals surface area contributed by atoms with Crippen molar-refractivity contribution in [2.75, 3.05) is 10.6 Å². The van der Waals surface area contributed by atoms with Crippen LogP contribution in [0.5, 0.6) is 0 Å². The Bertz CT molecular complexity index is 1690. The fourth-order valence-corrected chi connectivity index (χ4v) is 4.12. The highest BCUT2D eigenvalue weighted by molar-refractivity contribution is 6.06. The van der Waals surface area contributed by atoms with E-state index in [1.807, 2.05) is 53.1 Å². The van der Waals surface area contributed by atoms with Crippen LogP contribution in [0.3, 0.4) is 0 Å². The number of fused-ring (bicyclic) bond motifs is 2. The summed E-state index contributed by atoms with van der Waals surface area (Å²) in [6, 6.07) is 23.0. The molecule has 3 aromatic carbocycles. The standard InChI is InChI=1S/C27H22N8O/c1-17(18-5-3-2-4-6-18)32-27-28-12-11-25(34-27)35-16-31-23-14-20(8-10-24(23)35)33-26(36)19-7-9-21-22(13-19)30-15-29-21/h2-17H,1H3,(H,29,30)(H,33,36)(H,28,32,34). The number of nitrogens with one attached hydrogen (secondary N) is 3. The molecule has 9 heteroatoms. The molecule has 0 fully saturated rings. The molecule has 0 aliphatic heterocycles. The third kappa shape index (κ3) is 4.14. The van der Waals surface area contributed by atoms with Crippen molar-refractivity contribution in [1.29, 1.82) is 0 Å². The van der Waals surface area contributed by atoms with Crippen LogP contribution in [0, 0.1) is 0 Å². The summed E-state index contributed by atoms with van der Waals surface area (Å²) >= 11 is 0. The van der Waals surface area contributed by atoms with Gasteiger partial charge in [-0.05, 0) is 55.0 Å². The molecule has 1 atom stereocenters. The minimum atomic E-state index is -0.204. The molecule has 1 amide bonds. The van der Waals surface area contributed by atoms with Crippen LogP contribution in [0.4, 0.5) is 11.6 Å². The highest BCUT2D eigenvalue weighted by Crippen LogP contribution is 2.23. The molecule has 176 valence electrons. The molecule has 6 rings (SSSR count). The van der Waals surface area contributed by atoms with Gasteiger partial charge in [-0.15, -0.1) is 0 Å². The molecule has 0 aliphatic carbocycles. The number of rotatable bonds is 6. The Labute approximate surface area is 206 Å². The minimum absolute atomic E-state index is 0.0566. The zero-order valence-electron chi connectivity index (χ0n) is 19.4. The first-order valence-electron chi connectivity index (χ1n) is 11.5. The topological polar surface area (TPSA) is 113 Å². The van der Waals surface area contributed by atoms with Gasteiger partial charge in [0.1, 0.15) is 12.1 Å². The molecule has 3 aromatic heterocycles. The van der Waals surface area contributed by atoms with Crippen molar-refractivity contribution in [1.82, 2.24) is 29.5 Å². The van der Waals surface area contributed by atoms with Gasteiger partial charge in [-0.2, -0.15) is 4.98 Å².